The number of aryl methyl sites for hydroxylation is 1. The van der Waals surface area contributed by atoms with Gasteiger partial charge in [-0.2, -0.15) is 0 Å². The molecule has 7 heteroatoms. The molecule has 1 amide bonds. The fraction of sp³-hybridized carbons (Fsp3) is 0.312. The van der Waals surface area contributed by atoms with Crippen LogP contribution in [0.5, 0.6) is 5.75 Å². The summed E-state index contributed by atoms with van der Waals surface area (Å²) in [6.45, 7) is 2.06. The summed E-state index contributed by atoms with van der Waals surface area (Å²) in [5, 5.41) is 2.76. The van der Waals surface area contributed by atoms with Crippen LogP contribution in [0.1, 0.15) is 16.8 Å². The van der Waals surface area contributed by atoms with E-state index in [4.69, 9.17) is 4.74 Å². The van der Waals surface area contributed by atoms with Crippen molar-refractivity contribution < 1.29 is 9.53 Å². The molecule has 0 spiro atoms. The predicted molar refractivity (Wildman–Crippen MR) is 85.8 cm³/mol. The minimum absolute atomic E-state index is 0.0689. The number of benzene rings is 1. The maximum absolute atomic E-state index is 11.9. The van der Waals surface area contributed by atoms with Crippen LogP contribution in [0.4, 0.5) is 0 Å². The Labute approximate surface area is 132 Å². The van der Waals surface area contributed by atoms with Crippen molar-refractivity contribution in [2.45, 2.75) is 19.8 Å². The van der Waals surface area contributed by atoms with Gasteiger partial charge in [0.15, 0.2) is 0 Å². The number of H-pyrrole nitrogens is 2. The van der Waals surface area contributed by atoms with Crippen LogP contribution in [0.15, 0.2) is 33.9 Å². The van der Waals surface area contributed by atoms with Crippen molar-refractivity contribution in [3.05, 3.63) is 61.9 Å². The van der Waals surface area contributed by atoms with E-state index in [2.05, 4.69) is 15.3 Å². The predicted octanol–water partition coefficient (Wildman–Crippen LogP) is 0.282. The Morgan fingerprint density at radius 1 is 1.17 bits per heavy atom. The van der Waals surface area contributed by atoms with Gasteiger partial charge in [0.05, 0.1) is 13.5 Å². The third-order valence-electron chi connectivity index (χ3n) is 3.49. The lowest BCUT2D eigenvalue weighted by atomic mass is 10.1. The molecule has 1 aromatic heterocycles. The van der Waals surface area contributed by atoms with Gasteiger partial charge >= 0.3 is 5.69 Å². The average molecular weight is 317 g/mol. The first-order valence-corrected chi connectivity index (χ1v) is 7.21. The summed E-state index contributed by atoms with van der Waals surface area (Å²) >= 11 is 0. The lowest BCUT2D eigenvalue weighted by Crippen LogP contribution is -2.33. The number of amides is 1. The van der Waals surface area contributed by atoms with Gasteiger partial charge in [0.2, 0.25) is 5.91 Å². The van der Waals surface area contributed by atoms with Crippen LogP contribution in [0.2, 0.25) is 0 Å². The highest BCUT2D eigenvalue weighted by molar-refractivity contribution is 5.78. The van der Waals surface area contributed by atoms with E-state index in [1.54, 1.807) is 14.0 Å². The van der Waals surface area contributed by atoms with E-state index >= 15 is 0 Å². The molecule has 2 rings (SSSR count). The Kier molecular flexibility index (Phi) is 5.35. The SMILES string of the molecule is COc1ccc(CCNC(=O)Cc2c(C)[nH]c(=O)[nH]c2=O)cc1. The summed E-state index contributed by atoms with van der Waals surface area (Å²) in [5.74, 6) is 0.518. The van der Waals surface area contributed by atoms with Gasteiger partial charge in [-0.15, -0.1) is 0 Å². The lowest BCUT2D eigenvalue weighted by Gasteiger charge is -2.07. The number of rotatable bonds is 6. The molecular formula is C16H19N3O4. The number of nitrogens with one attached hydrogen (secondary N) is 3. The second-order valence-electron chi connectivity index (χ2n) is 5.14. The van der Waals surface area contributed by atoms with Crippen LogP contribution in [-0.2, 0) is 17.6 Å². The fourth-order valence-electron chi connectivity index (χ4n) is 2.20. The Balaban J connectivity index is 1.88. The minimum Gasteiger partial charge on any atom is -0.497 e. The van der Waals surface area contributed by atoms with Crippen molar-refractivity contribution in [1.29, 1.82) is 0 Å². The number of methoxy groups -OCH3 is 1. The maximum atomic E-state index is 11.9. The Bertz CT molecular complexity index is 790. The van der Waals surface area contributed by atoms with Crippen LogP contribution in [0, 0.1) is 6.92 Å². The van der Waals surface area contributed by atoms with E-state index in [9.17, 15) is 14.4 Å². The molecule has 0 aliphatic carbocycles. The molecule has 0 fully saturated rings. The lowest BCUT2D eigenvalue weighted by molar-refractivity contribution is -0.120. The largest absolute Gasteiger partial charge is 0.497 e. The van der Waals surface area contributed by atoms with Gasteiger partial charge in [0.25, 0.3) is 5.56 Å². The fourth-order valence-corrected chi connectivity index (χ4v) is 2.20. The molecule has 0 aliphatic rings. The summed E-state index contributed by atoms with van der Waals surface area (Å²) in [5.41, 5.74) is 0.646. The minimum atomic E-state index is -0.573. The number of aromatic nitrogens is 2. The average Bonchev–Trinajstić information content (AvgIpc) is 2.51. The molecule has 2 aromatic rings. The van der Waals surface area contributed by atoms with Crippen LogP contribution in [0.3, 0.4) is 0 Å². The molecule has 122 valence electrons. The molecule has 0 radical (unpaired) electrons. The molecule has 1 heterocycles. The molecule has 3 N–H and O–H groups in total. The Hall–Kier alpha value is -2.83. The summed E-state index contributed by atoms with van der Waals surface area (Å²) in [7, 11) is 1.61. The Morgan fingerprint density at radius 3 is 2.48 bits per heavy atom. The number of carbonyl (C=O) groups excluding carboxylic acids is 1. The number of ether oxygens (including phenoxy) is 1. The normalized spacial score (nSPS) is 10.3. The highest BCUT2D eigenvalue weighted by Crippen LogP contribution is 2.11. The zero-order chi connectivity index (χ0) is 16.8. The molecule has 23 heavy (non-hydrogen) atoms. The standard InChI is InChI=1S/C16H19N3O4/c1-10-13(15(21)19-16(22)18-10)9-14(20)17-8-7-11-3-5-12(23-2)6-4-11/h3-6H,7-9H2,1-2H3,(H,17,20)(H2,18,19,21,22). The first kappa shape index (κ1) is 16.5. The number of hydrogen-bond donors (Lipinski definition) is 3. The molecule has 0 saturated carbocycles. The summed E-state index contributed by atoms with van der Waals surface area (Å²) in [6.07, 6.45) is 0.608. The quantitative estimate of drug-likeness (QED) is 0.712. The van der Waals surface area contributed by atoms with E-state index in [0.29, 0.717) is 18.7 Å². The maximum Gasteiger partial charge on any atom is 0.325 e. The van der Waals surface area contributed by atoms with Gasteiger partial charge < -0.3 is 15.0 Å². The monoisotopic (exact) mass is 317 g/mol. The zero-order valence-electron chi connectivity index (χ0n) is 13.1. The molecule has 0 atom stereocenters. The first-order valence-electron chi connectivity index (χ1n) is 7.21. The third kappa shape index (κ3) is 4.57. The van der Waals surface area contributed by atoms with Crippen molar-refractivity contribution in [2.24, 2.45) is 0 Å². The van der Waals surface area contributed by atoms with Gasteiger partial charge in [-0.1, -0.05) is 12.1 Å². The highest BCUT2D eigenvalue weighted by Gasteiger charge is 2.10. The van der Waals surface area contributed by atoms with Crippen molar-refractivity contribution in [2.75, 3.05) is 13.7 Å². The van der Waals surface area contributed by atoms with Crippen LogP contribution < -0.4 is 21.3 Å². The van der Waals surface area contributed by atoms with Crippen LogP contribution in [0.25, 0.3) is 0 Å². The van der Waals surface area contributed by atoms with E-state index in [-0.39, 0.29) is 17.9 Å². The van der Waals surface area contributed by atoms with Crippen molar-refractivity contribution >= 4 is 5.91 Å². The molecule has 1 aromatic carbocycles. The van der Waals surface area contributed by atoms with Gasteiger partial charge in [-0.3, -0.25) is 14.6 Å². The van der Waals surface area contributed by atoms with Crippen molar-refractivity contribution in [3.63, 3.8) is 0 Å². The zero-order valence-corrected chi connectivity index (χ0v) is 13.1. The molecule has 0 saturated heterocycles. The van der Waals surface area contributed by atoms with Crippen LogP contribution in [-0.4, -0.2) is 29.5 Å². The van der Waals surface area contributed by atoms with E-state index < -0.39 is 11.2 Å². The number of aromatic amines is 2. The summed E-state index contributed by atoms with van der Waals surface area (Å²) < 4.78 is 5.08. The van der Waals surface area contributed by atoms with Crippen molar-refractivity contribution in [1.82, 2.24) is 15.3 Å². The first-order chi connectivity index (χ1) is 11.0. The van der Waals surface area contributed by atoms with Crippen molar-refractivity contribution in [3.8, 4) is 5.75 Å². The molecule has 0 bridgehead atoms. The van der Waals surface area contributed by atoms with Gasteiger partial charge in [0, 0.05) is 17.8 Å². The van der Waals surface area contributed by atoms with Gasteiger partial charge in [-0.25, -0.2) is 4.79 Å². The van der Waals surface area contributed by atoms with E-state index in [1.165, 1.54) is 0 Å². The molecular weight excluding hydrogens is 298 g/mol. The van der Waals surface area contributed by atoms with E-state index in [0.717, 1.165) is 11.3 Å². The highest BCUT2D eigenvalue weighted by atomic mass is 16.5. The van der Waals surface area contributed by atoms with Gasteiger partial charge in [0.1, 0.15) is 5.75 Å². The van der Waals surface area contributed by atoms with E-state index in [1.807, 2.05) is 24.3 Å². The third-order valence-corrected chi connectivity index (χ3v) is 3.49. The molecule has 0 aliphatic heterocycles. The summed E-state index contributed by atoms with van der Waals surface area (Å²) in [4.78, 5) is 39.3. The second-order valence-corrected chi connectivity index (χ2v) is 5.14. The van der Waals surface area contributed by atoms with Gasteiger partial charge in [-0.05, 0) is 31.0 Å². The number of hydrogen-bond acceptors (Lipinski definition) is 4. The summed E-state index contributed by atoms with van der Waals surface area (Å²) in [6, 6.07) is 7.59. The molecule has 7 nitrogen and oxygen atoms in total. The molecule has 0 unspecified atom stereocenters. The number of carbonyl (C=O) groups is 1. The smallest absolute Gasteiger partial charge is 0.325 e. The Morgan fingerprint density at radius 2 is 1.87 bits per heavy atom. The topological polar surface area (TPSA) is 104 Å². The van der Waals surface area contributed by atoms with Crippen LogP contribution >= 0.6 is 0 Å². The second kappa shape index (κ2) is 7.44.